The predicted octanol–water partition coefficient (Wildman–Crippen LogP) is 2.89. The van der Waals surface area contributed by atoms with Crippen LogP contribution in [-0.2, 0) is 4.74 Å². The van der Waals surface area contributed by atoms with Crippen LogP contribution in [0.3, 0.4) is 0 Å². The van der Waals surface area contributed by atoms with Crippen LogP contribution < -0.4 is 10.6 Å². The number of likely N-dealkylation sites (tertiary alicyclic amines) is 1. The molecule has 8 nitrogen and oxygen atoms in total. The molecule has 1 aromatic rings. The maximum Gasteiger partial charge on any atom is 0.407 e. The minimum atomic E-state index is -0.370. The first-order valence-electron chi connectivity index (χ1n) is 10.9. The number of hydrogen-bond donors (Lipinski definition) is 2. The molecule has 1 saturated heterocycles. The van der Waals surface area contributed by atoms with E-state index in [4.69, 9.17) is 9.73 Å². The monoisotopic (exact) mass is 406 g/mol. The number of aliphatic imine (C=N–C) groups is 1. The number of aromatic nitrogens is 2. The number of carbonyl (C=O) groups is 1. The number of hydrogen-bond acceptors (Lipinski definition) is 4. The number of imidazole rings is 1. The summed E-state index contributed by atoms with van der Waals surface area (Å²) >= 11 is 0. The number of nitrogens with zero attached hydrogens (tertiary/aromatic N) is 4. The second-order valence-corrected chi connectivity index (χ2v) is 8.18. The highest BCUT2D eigenvalue weighted by molar-refractivity contribution is 5.80. The molecule has 1 aromatic heterocycles. The van der Waals surface area contributed by atoms with E-state index in [1.807, 2.05) is 25.6 Å². The van der Waals surface area contributed by atoms with Gasteiger partial charge in [-0.15, -0.1) is 0 Å². The Labute approximate surface area is 175 Å². The molecule has 0 aliphatic carbocycles. The van der Waals surface area contributed by atoms with Gasteiger partial charge in [-0.2, -0.15) is 0 Å². The zero-order chi connectivity index (χ0) is 21.2. The second-order valence-electron chi connectivity index (χ2n) is 8.18. The van der Waals surface area contributed by atoms with E-state index >= 15 is 0 Å². The van der Waals surface area contributed by atoms with Gasteiger partial charge in [-0.1, -0.05) is 20.8 Å². The molecule has 29 heavy (non-hydrogen) atoms. The van der Waals surface area contributed by atoms with Crippen molar-refractivity contribution in [2.75, 3.05) is 32.8 Å². The summed E-state index contributed by atoms with van der Waals surface area (Å²) in [7, 11) is 0. The fourth-order valence-electron chi connectivity index (χ4n) is 3.81. The normalized spacial score (nSPS) is 21.2. The fraction of sp³-hybridized carbons (Fsp3) is 0.762. The van der Waals surface area contributed by atoms with Crippen molar-refractivity contribution in [2.45, 2.75) is 59.5 Å². The molecule has 1 aliphatic heterocycles. The van der Waals surface area contributed by atoms with Crippen molar-refractivity contribution in [3.05, 3.63) is 18.7 Å². The lowest BCUT2D eigenvalue weighted by Gasteiger charge is -2.39. The van der Waals surface area contributed by atoms with E-state index in [2.05, 4.69) is 52.8 Å². The van der Waals surface area contributed by atoms with Crippen molar-refractivity contribution >= 4 is 12.1 Å². The Morgan fingerprint density at radius 2 is 2.17 bits per heavy atom. The van der Waals surface area contributed by atoms with Crippen molar-refractivity contribution in [2.24, 2.45) is 16.8 Å². The molecule has 2 heterocycles. The first-order valence-corrected chi connectivity index (χ1v) is 10.9. The van der Waals surface area contributed by atoms with Gasteiger partial charge in [0.1, 0.15) is 0 Å². The first-order chi connectivity index (χ1) is 13.9. The summed E-state index contributed by atoms with van der Waals surface area (Å²) in [6, 6.07) is 0.329. The number of ether oxygens (including phenoxy) is 1. The van der Waals surface area contributed by atoms with E-state index in [0.717, 1.165) is 38.4 Å². The van der Waals surface area contributed by atoms with E-state index in [-0.39, 0.29) is 12.1 Å². The summed E-state index contributed by atoms with van der Waals surface area (Å²) in [5.74, 6) is 1.95. The largest absolute Gasteiger partial charge is 0.450 e. The highest BCUT2D eigenvalue weighted by Gasteiger charge is 2.29. The minimum absolute atomic E-state index is 0.0455. The van der Waals surface area contributed by atoms with Crippen molar-refractivity contribution in [1.29, 1.82) is 0 Å². The van der Waals surface area contributed by atoms with Gasteiger partial charge in [-0.05, 0) is 38.5 Å². The van der Waals surface area contributed by atoms with Gasteiger partial charge in [0.2, 0.25) is 0 Å². The summed E-state index contributed by atoms with van der Waals surface area (Å²) in [4.78, 5) is 23.3. The van der Waals surface area contributed by atoms with Crippen LogP contribution in [0.5, 0.6) is 0 Å². The lowest BCUT2D eigenvalue weighted by Crippen LogP contribution is -2.49. The summed E-state index contributed by atoms with van der Waals surface area (Å²) in [5, 5.41) is 6.39. The molecule has 2 N–H and O–H groups in total. The molecule has 3 unspecified atom stereocenters. The topological polar surface area (TPSA) is 83.8 Å². The van der Waals surface area contributed by atoms with Crippen LogP contribution in [0.25, 0.3) is 0 Å². The molecule has 2 rings (SSSR count). The number of carbonyl (C=O) groups excluding carboxylic acids is 1. The molecule has 3 atom stereocenters. The van der Waals surface area contributed by atoms with E-state index < -0.39 is 0 Å². The molecule has 1 fully saturated rings. The van der Waals surface area contributed by atoms with Gasteiger partial charge in [-0.3, -0.25) is 4.99 Å². The van der Waals surface area contributed by atoms with Crippen LogP contribution in [0.15, 0.2) is 23.7 Å². The molecule has 1 amide bonds. The van der Waals surface area contributed by atoms with Gasteiger partial charge >= 0.3 is 6.09 Å². The van der Waals surface area contributed by atoms with Crippen LogP contribution in [-0.4, -0.2) is 65.3 Å². The summed E-state index contributed by atoms with van der Waals surface area (Å²) in [6.45, 7) is 14.1. The van der Waals surface area contributed by atoms with Crippen molar-refractivity contribution in [1.82, 2.24) is 25.1 Å². The zero-order valence-corrected chi connectivity index (χ0v) is 18.6. The maximum atomic E-state index is 11.9. The van der Waals surface area contributed by atoms with Crippen LogP contribution in [0, 0.1) is 11.8 Å². The number of alkyl carbamates (subject to hydrolysis) is 1. The molecule has 0 aromatic carbocycles. The Kier molecular flexibility index (Phi) is 9.28. The Bertz CT molecular complexity index is 631. The van der Waals surface area contributed by atoms with Gasteiger partial charge < -0.3 is 24.8 Å². The van der Waals surface area contributed by atoms with E-state index in [9.17, 15) is 4.79 Å². The quantitative estimate of drug-likeness (QED) is 0.512. The van der Waals surface area contributed by atoms with Gasteiger partial charge in [0.25, 0.3) is 0 Å². The maximum absolute atomic E-state index is 11.9. The fourth-order valence-corrected chi connectivity index (χ4v) is 3.81. The summed E-state index contributed by atoms with van der Waals surface area (Å²) in [6.07, 6.45) is 7.36. The minimum Gasteiger partial charge on any atom is -0.450 e. The van der Waals surface area contributed by atoms with Gasteiger partial charge in [0, 0.05) is 32.0 Å². The van der Waals surface area contributed by atoms with Gasteiger partial charge in [0.05, 0.1) is 31.6 Å². The summed E-state index contributed by atoms with van der Waals surface area (Å²) in [5.41, 5.74) is 0. The number of amides is 1. The number of nitrogens with one attached hydrogen (secondary N) is 2. The third-order valence-corrected chi connectivity index (χ3v) is 5.28. The van der Waals surface area contributed by atoms with Gasteiger partial charge in [0.15, 0.2) is 5.96 Å². The molecule has 1 aliphatic rings. The van der Waals surface area contributed by atoms with Crippen LogP contribution in [0.2, 0.25) is 0 Å². The number of piperidine rings is 1. The molecule has 0 spiro atoms. The van der Waals surface area contributed by atoms with Crippen molar-refractivity contribution in [3.8, 4) is 0 Å². The standard InChI is InChI=1S/C21H38N6O2/c1-6-23-20(24-13-18(12-16(3)4)25-21(28)29-7-2)26-10-8-17(5)19(14-26)27-11-9-22-15-27/h9,11,15-19H,6-8,10,12-14H2,1-5H3,(H,23,24)(H,25,28). The molecule has 164 valence electrons. The molecular formula is C21H38N6O2. The summed E-state index contributed by atoms with van der Waals surface area (Å²) < 4.78 is 7.26. The van der Waals surface area contributed by atoms with E-state index in [0.29, 0.717) is 31.0 Å². The molecule has 0 radical (unpaired) electrons. The van der Waals surface area contributed by atoms with Crippen molar-refractivity contribution < 1.29 is 9.53 Å². The zero-order valence-electron chi connectivity index (χ0n) is 18.6. The third kappa shape index (κ3) is 7.25. The highest BCUT2D eigenvalue weighted by Crippen LogP contribution is 2.27. The first kappa shape index (κ1) is 23.0. The smallest absolute Gasteiger partial charge is 0.407 e. The van der Waals surface area contributed by atoms with Crippen LogP contribution in [0.1, 0.15) is 53.5 Å². The lowest BCUT2D eigenvalue weighted by atomic mass is 9.93. The Hall–Kier alpha value is -2.25. The van der Waals surface area contributed by atoms with Crippen LogP contribution in [0.4, 0.5) is 4.79 Å². The van der Waals surface area contributed by atoms with E-state index in [1.54, 1.807) is 0 Å². The SMILES string of the molecule is CCNC(=NCC(CC(C)C)NC(=O)OCC)N1CCC(C)C(n2ccnc2)C1. The molecule has 0 bridgehead atoms. The van der Waals surface area contributed by atoms with E-state index in [1.165, 1.54) is 0 Å². The predicted molar refractivity (Wildman–Crippen MR) is 116 cm³/mol. The van der Waals surface area contributed by atoms with Crippen LogP contribution >= 0.6 is 0 Å². The molecule has 8 heteroatoms. The van der Waals surface area contributed by atoms with Crippen molar-refractivity contribution in [3.63, 3.8) is 0 Å². The average Bonchev–Trinajstić information content (AvgIpc) is 3.19. The second kappa shape index (κ2) is 11.7. The molecule has 0 saturated carbocycles. The Morgan fingerprint density at radius 1 is 1.38 bits per heavy atom. The Morgan fingerprint density at radius 3 is 2.79 bits per heavy atom. The highest BCUT2D eigenvalue weighted by atomic mass is 16.5. The number of rotatable bonds is 8. The average molecular weight is 407 g/mol. The van der Waals surface area contributed by atoms with Gasteiger partial charge in [-0.25, -0.2) is 9.78 Å². The third-order valence-electron chi connectivity index (χ3n) is 5.28. The lowest BCUT2D eigenvalue weighted by molar-refractivity contribution is 0.147. The Balaban J connectivity index is 2.08. The molecular weight excluding hydrogens is 368 g/mol. The number of guanidine groups is 1.